The molecule has 3 nitrogen and oxygen atoms in total. The number of rotatable bonds is 7. The van der Waals surface area contributed by atoms with Crippen molar-refractivity contribution < 1.29 is 9.47 Å². The lowest BCUT2D eigenvalue weighted by Crippen LogP contribution is -2.59. The number of benzene rings is 1. The second-order valence-corrected chi connectivity index (χ2v) is 6.17. The van der Waals surface area contributed by atoms with Gasteiger partial charge in [0.15, 0.2) is 0 Å². The monoisotopic (exact) mass is 291 g/mol. The quantitative estimate of drug-likeness (QED) is 0.807. The van der Waals surface area contributed by atoms with Crippen molar-refractivity contribution in [2.75, 3.05) is 18.5 Å². The fourth-order valence-corrected chi connectivity index (χ4v) is 3.19. The highest BCUT2D eigenvalue weighted by atomic mass is 16.5. The van der Waals surface area contributed by atoms with E-state index in [0.717, 1.165) is 30.9 Å². The zero-order valence-corrected chi connectivity index (χ0v) is 14.0. The van der Waals surface area contributed by atoms with E-state index in [0.29, 0.717) is 18.8 Å². The van der Waals surface area contributed by atoms with Crippen LogP contribution in [0.15, 0.2) is 18.2 Å². The molecular formula is C18H29NO2. The van der Waals surface area contributed by atoms with Crippen LogP contribution in [0.2, 0.25) is 0 Å². The van der Waals surface area contributed by atoms with E-state index in [1.54, 1.807) is 0 Å². The van der Waals surface area contributed by atoms with E-state index in [1.165, 1.54) is 5.56 Å². The van der Waals surface area contributed by atoms with Gasteiger partial charge in [-0.25, -0.2) is 0 Å². The van der Waals surface area contributed by atoms with Gasteiger partial charge in [-0.3, -0.25) is 0 Å². The molecule has 3 atom stereocenters. The standard InChI is InChI=1S/C18H29NO2/c1-6-18(5)16(12-17(18)21-8-3)19-14-10-9-13(4)11-15(14)20-7-2/h9-11,16-17,19H,6-8,12H2,1-5H3. The van der Waals surface area contributed by atoms with Crippen molar-refractivity contribution in [3.63, 3.8) is 0 Å². The summed E-state index contributed by atoms with van der Waals surface area (Å²) in [6.07, 6.45) is 2.55. The molecule has 1 aliphatic carbocycles. The average molecular weight is 291 g/mol. The Hall–Kier alpha value is -1.22. The smallest absolute Gasteiger partial charge is 0.142 e. The van der Waals surface area contributed by atoms with Gasteiger partial charge in [-0.2, -0.15) is 0 Å². The predicted molar refractivity (Wildman–Crippen MR) is 88.2 cm³/mol. The normalized spacial score (nSPS) is 28.0. The molecule has 2 rings (SSSR count). The van der Waals surface area contributed by atoms with E-state index in [4.69, 9.17) is 9.47 Å². The maximum absolute atomic E-state index is 5.88. The number of ether oxygens (including phenoxy) is 2. The Morgan fingerprint density at radius 3 is 2.62 bits per heavy atom. The molecule has 3 heteroatoms. The highest BCUT2D eigenvalue weighted by Gasteiger charge is 2.51. The third-order valence-electron chi connectivity index (χ3n) is 4.88. The van der Waals surface area contributed by atoms with Gasteiger partial charge in [0.25, 0.3) is 0 Å². The number of aryl methyl sites for hydroxylation is 1. The minimum Gasteiger partial charge on any atom is -0.492 e. The van der Waals surface area contributed by atoms with Crippen LogP contribution >= 0.6 is 0 Å². The first-order chi connectivity index (χ1) is 10.0. The lowest BCUT2D eigenvalue weighted by Gasteiger charge is -2.54. The predicted octanol–water partition coefficient (Wildman–Crippen LogP) is 4.40. The molecule has 0 spiro atoms. The second-order valence-electron chi connectivity index (χ2n) is 6.17. The van der Waals surface area contributed by atoms with Crippen LogP contribution in [0.3, 0.4) is 0 Å². The maximum atomic E-state index is 5.88. The van der Waals surface area contributed by atoms with E-state index in [9.17, 15) is 0 Å². The number of anilines is 1. The lowest BCUT2D eigenvalue weighted by molar-refractivity contribution is -0.109. The highest BCUT2D eigenvalue weighted by Crippen LogP contribution is 2.48. The van der Waals surface area contributed by atoms with Gasteiger partial charge in [0.2, 0.25) is 0 Å². The largest absolute Gasteiger partial charge is 0.492 e. The summed E-state index contributed by atoms with van der Waals surface area (Å²) in [5, 5.41) is 3.68. The van der Waals surface area contributed by atoms with Crippen molar-refractivity contribution >= 4 is 5.69 Å². The zero-order chi connectivity index (χ0) is 15.5. The van der Waals surface area contributed by atoms with Crippen LogP contribution in [0.4, 0.5) is 5.69 Å². The third kappa shape index (κ3) is 3.18. The van der Waals surface area contributed by atoms with Crippen LogP contribution in [-0.2, 0) is 4.74 Å². The molecule has 1 saturated carbocycles. The first-order valence-corrected chi connectivity index (χ1v) is 8.16. The highest BCUT2D eigenvalue weighted by molar-refractivity contribution is 5.59. The minimum absolute atomic E-state index is 0.199. The van der Waals surface area contributed by atoms with Crippen LogP contribution in [0, 0.1) is 12.3 Å². The molecule has 1 aromatic rings. The SMILES string of the molecule is CCOc1cc(C)ccc1NC1CC(OCC)C1(C)CC. The van der Waals surface area contributed by atoms with E-state index in [2.05, 4.69) is 51.2 Å². The summed E-state index contributed by atoms with van der Waals surface area (Å²) in [4.78, 5) is 0. The summed E-state index contributed by atoms with van der Waals surface area (Å²) in [5.41, 5.74) is 2.52. The topological polar surface area (TPSA) is 30.5 Å². The van der Waals surface area contributed by atoms with E-state index in [1.807, 2.05) is 6.92 Å². The Morgan fingerprint density at radius 1 is 1.24 bits per heavy atom. The van der Waals surface area contributed by atoms with E-state index >= 15 is 0 Å². The van der Waals surface area contributed by atoms with Crippen molar-refractivity contribution in [1.29, 1.82) is 0 Å². The third-order valence-corrected chi connectivity index (χ3v) is 4.88. The average Bonchev–Trinajstić information content (AvgIpc) is 2.47. The Morgan fingerprint density at radius 2 is 2.00 bits per heavy atom. The van der Waals surface area contributed by atoms with Crippen LogP contribution in [-0.4, -0.2) is 25.4 Å². The van der Waals surface area contributed by atoms with Gasteiger partial charge >= 0.3 is 0 Å². The summed E-state index contributed by atoms with van der Waals surface area (Å²) < 4.78 is 11.6. The fourth-order valence-electron chi connectivity index (χ4n) is 3.19. The molecule has 0 saturated heterocycles. The molecule has 1 N–H and O–H groups in total. The number of hydrogen-bond donors (Lipinski definition) is 1. The molecule has 1 fully saturated rings. The number of nitrogens with one attached hydrogen (secondary N) is 1. The Labute approximate surface area is 129 Å². The van der Waals surface area contributed by atoms with Crippen LogP contribution in [0.25, 0.3) is 0 Å². The molecule has 3 unspecified atom stereocenters. The number of hydrogen-bond acceptors (Lipinski definition) is 3. The molecule has 0 amide bonds. The molecule has 0 bridgehead atoms. The summed E-state index contributed by atoms with van der Waals surface area (Å²) >= 11 is 0. The van der Waals surface area contributed by atoms with Gasteiger partial charge in [-0.1, -0.05) is 19.9 Å². The lowest BCUT2D eigenvalue weighted by atomic mass is 9.61. The maximum Gasteiger partial charge on any atom is 0.142 e. The Bertz CT molecular complexity index is 474. The molecule has 1 aromatic carbocycles. The molecule has 1 aliphatic rings. The summed E-state index contributed by atoms with van der Waals surface area (Å²) in [5.74, 6) is 0.954. The van der Waals surface area contributed by atoms with Gasteiger partial charge in [-0.15, -0.1) is 0 Å². The van der Waals surface area contributed by atoms with Crippen molar-refractivity contribution in [2.24, 2.45) is 5.41 Å². The summed E-state index contributed by atoms with van der Waals surface area (Å²) in [6, 6.07) is 6.81. The molecule has 0 aromatic heterocycles. The van der Waals surface area contributed by atoms with Crippen LogP contribution in [0.5, 0.6) is 5.75 Å². The van der Waals surface area contributed by atoms with Crippen LogP contribution < -0.4 is 10.1 Å². The van der Waals surface area contributed by atoms with Crippen molar-refractivity contribution in [1.82, 2.24) is 0 Å². The molecule has 21 heavy (non-hydrogen) atoms. The molecule has 0 radical (unpaired) electrons. The Kier molecular flexibility index (Phi) is 5.15. The van der Waals surface area contributed by atoms with Crippen molar-refractivity contribution in [3.8, 4) is 5.75 Å². The molecule has 0 aliphatic heterocycles. The molecule has 118 valence electrons. The minimum atomic E-state index is 0.199. The van der Waals surface area contributed by atoms with Gasteiger partial charge < -0.3 is 14.8 Å². The summed E-state index contributed by atoms with van der Waals surface area (Å²) in [6.45, 7) is 12.2. The first-order valence-electron chi connectivity index (χ1n) is 8.16. The van der Waals surface area contributed by atoms with Crippen molar-refractivity contribution in [3.05, 3.63) is 23.8 Å². The van der Waals surface area contributed by atoms with E-state index < -0.39 is 0 Å². The van der Waals surface area contributed by atoms with Crippen molar-refractivity contribution in [2.45, 2.75) is 59.6 Å². The fraction of sp³-hybridized carbons (Fsp3) is 0.667. The molecular weight excluding hydrogens is 262 g/mol. The van der Waals surface area contributed by atoms with Gasteiger partial charge in [-0.05, 0) is 51.3 Å². The zero-order valence-electron chi connectivity index (χ0n) is 14.0. The van der Waals surface area contributed by atoms with Crippen LogP contribution in [0.1, 0.15) is 46.1 Å². The first kappa shape index (κ1) is 16.2. The summed E-state index contributed by atoms with van der Waals surface area (Å²) in [7, 11) is 0. The van der Waals surface area contributed by atoms with Gasteiger partial charge in [0.1, 0.15) is 5.75 Å². The van der Waals surface area contributed by atoms with Gasteiger partial charge in [0, 0.05) is 18.1 Å². The Balaban J connectivity index is 2.12. The van der Waals surface area contributed by atoms with Gasteiger partial charge in [0.05, 0.1) is 18.4 Å². The van der Waals surface area contributed by atoms with E-state index in [-0.39, 0.29) is 5.41 Å². The molecule has 0 heterocycles. The second kappa shape index (κ2) is 6.69.